The minimum Gasteiger partial charge on any atom is -0.377 e. The number of nitrogens with zero attached hydrogens (tertiary/aromatic N) is 1. The van der Waals surface area contributed by atoms with Crippen LogP contribution in [0.1, 0.15) is 18.2 Å². The number of hydrogen-bond acceptors (Lipinski definition) is 4. The Bertz CT molecular complexity index is 514. The fourth-order valence-corrected chi connectivity index (χ4v) is 5.31. The third kappa shape index (κ3) is 2.44. The zero-order valence-corrected chi connectivity index (χ0v) is 12.7. The Balaban J connectivity index is 2.31. The predicted molar refractivity (Wildman–Crippen MR) is 72.6 cm³/mol. The number of sulfonamides is 1. The standard InChI is InChI=1S/C11H16ClNO3S2/c1-8-9(3-5-16-8)13(2)18(14,15)11-4-6-17-10(11)7-12/h4,6,8-9H,3,5,7H2,1-2H3. The van der Waals surface area contributed by atoms with Crippen LogP contribution in [0.4, 0.5) is 0 Å². The van der Waals surface area contributed by atoms with Gasteiger partial charge in [-0.25, -0.2) is 8.42 Å². The van der Waals surface area contributed by atoms with Crippen molar-refractivity contribution in [2.45, 2.75) is 36.3 Å². The van der Waals surface area contributed by atoms with Crippen molar-refractivity contribution in [2.24, 2.45) is 0 Å². The molecule has 1 aromatic rings. The highest BCUT2D eigenvalue weighted by Gasteiger charge is 2.36. The first-order valence-corrected chi connectivity index (χ1v) is 8.56. The molecule has 0 amide bonds. The Kier molecular flexibility index (Phi) is 4.33. The summed E-state index contributed by atoms with van der Waals surface area (Å²) in [6, 6.07) is 1.52. The first kappa shape index (κ1) is 14.3. The van der Waals surface area contributed by atoms with E-state index in [1.165, 1.54) is 15.6 Å². The summed E-state index contributed by atoms with van der Waals surface area (Å²) < 4.78 is 31.9. The SMILES string of the molecule is CC1OCCC1N(C)S(=O)(=O)c1ccsc1CCl. The van der Waals surface area contributed by atoms with E-state index in [-0.39, 0.29) is 18.0 Å². The number of likely N-dealkylation sites (N-methyl/N-ethyl adjacent to an activating group) is 1. The lowest BCUT2D eigenvalue weighted by Crippen LogP contribution is -2.41. The molecular formula is C11H16ClNO3S2. The maximum atomic E-state index is 12.5. The third-order valence-electron chi connectivity index (χ3n) is 3.29. The van der Waals surface area contributed by atoms with Crippen LogP contribution in [0.15, 0.2) is 16.3 Å². The van der Waals surface area contributed by atoms with Gasteiger partial charge >= 0.3 is 0 Å². The van der Waals surface area contributed by atoms with Crippen molar-refractivity contribution < 1.29 is 13.2 Å². The topological polar surface area (TPSA) is 46.6 Å². The lowest BCUT2D eigenvalue weighted by molar-refractivity contribution is 0.102. The second-order valence-electron chi connectivity index (χ2n) is 4.29. The van der Waals surface area contributed by atoms with Gasteiger partial charge in [-0.2, -0.15) is 4.31 Å². The molecule has 1 saturated heterocycles. The Morgan fingerprint density at radius 2 is 2.33 bits per heavy atom. The van der Waals surface area contributed by atoms with E-state index in [0.29, 0.717) is 16.4 Å². The van der Waals surface area contributed by atoms with Crippen LogP contribution in [0.3, 0.4) is 0 Å². The molecule has 18 heavy (non-hydrogen) atoms. The summed E-state index contributed by atoms with van der Waals surface area (Å²) in [5, 5.41) is 1.76. The Labute approximate surface area is 117 Å². The molecule has 0 aromatic carbocycles. The second kappa shape index (κ2) is 5.46. The number of thiophene rings is 1. The van der Waals surface area contributed by atoms with Crippen LogP contribution in [-0.2, 0) is 20.6 Å². The fraction of sp³-hybridized carbons (Fsp3) is 0.636. The van der Waals surface area contributed by atoms with Crippen molar-refractivity contribution in [3.05, 3.63) is 16.3 Å². The molecular weight excluding hydrogens is 294 g/mol. The van der Waals surface area contributed by atoms with Crippen molar-refractivity contribution in [1.29, 1.82) is 0 Å². The molecule has 0 radical (unpaired) electrons. The summed E-state index contributed by atoms with van der Waals surface area (Å²) in [4.78, 5) is 1.01. The minimum atomic E-state index is -3.48. The average Bonchev–Trinajstić information content (AvgIpc) is 2.95. The lowest BCUT2D eigenvalue weighted by atomic mass is 10.2. The summed E-state index contributed by atoms with van der Waals surface area (Å²) in [6.45, 7) is 2.51. The number of rotatable bonds is 4. The van der Waals surface area contributed by atoms with Gasteiger partial charge in [-0.05, 0) is 24.8 Å². The van der Waals surface area contributed by atoms with E-state index < -0.39 is 10.0 Å². The number of hydrogen-bond donors (Lipinski definition) is 0. The molecule has 0 aliphatic carbocycles. The van der Waals surface area contributed by atoms with Gasteiger partial charge in [0.15, 0.2) is 0 Å². The van der Waals surface area contributed by atoms with Crippen molar-refractivity contribution in [2.75, 3.05) is 13.7 Å². The second-order valence-corrected chi connectivity index (χ2v) is 7.53. The summed E-state index contributed by atoms with van der Waals surface area (Å²) in [5.74, 6) is 0.219. The molecule has 102 valence electrons. The van der Waals surface area contributed by atoms with E-state index in [1.54, 1.807) is 18.5 Å². The van der Waals surface area contributed by atoms with Crippen molar-refractivity contribution in [1.82, 2.24) is 4.31 Å². The normalized spacial score (nSPS) is 24.9. The Morgan fingerprint density at radius 3 is 2.89 bits per heavy atom. The van der Waals surface area contributed by atoms with Gasteiger partial charge in [-0.15, -0.1) is 22.9 Å². The Hall–Kier alpha value is -0.140. The third-order valence-corrected chi connectivity index (χ3v) is 6.73. The summed E-state index contributed by atoms with van der Waals surface area (Å²) >= 11 is 7.14. The number of ether oxygens (including phenoxy) is 1. The van der Waals surface area contributed by atoms with E-state index in [9.17, 15) is 8.42 Å². The molecule has 0 bridgehead atoms. The van der Waals surface area contributed by atoms with Crippen LogP contribution in [0, 0.1) is 0 Å². The van der Waals surface area contributed by atoms with Crippen molar-refractivity contribution in [3.63, 3.8) is 0 Å². The average molecular weight is 310 g/mol. The first-order chi connectivity index (χ1) is 8.48. The highest BCUT2D eigenvalue weighted by atomic mass is 35.5. The molecule has 0 spiro atoms. The lowest BCUT2D eigenvalue weighted by Gasteiger charge is -2.26. The zero-order chi connectivity index (χ0) is 13.3. The van der Waals surface area contributed by atoms with Gasteiger partial charge in [-0.3, -0.25) is 0 Å². The van der Waals surface area contributed by atoms with Gasteiger partial charge in [0, 0.05) is 18.5 Å². The van der Waals surface area contributed by atoms with E-state index in [1.807, 2.05) is 6.92 Å². The molecule has 2 heterocycles. The van der Waals surface area contributed by atoms with Crippen LogP contribution in [0.5, 0.6) is 0 Å². The highest BCUT2D eigenvalue weighted by molar-refractivity contribution is 7.89. The minimum absolute atomic E-state index is 0.0668. The van der Waals surface area contributed by atoms with Gasteiger partial charge in [-0.1, -0.05) is 0 Å². The number of halogens is 1. The largest absolute Gasteiger partial charge is 0.377 e. The maximum absolute atomic E-state index is 12.5. The van der Waals surface area contributed by atoms with Gasteiger partial charge in [0.1, 0.15) is 0 Å². The molecule has 1 aliphatic heterocycles. The molecule has 1 fully saturated rings. The van der Waals surface area contributed by atoms with Crippen LogP contribution >= 0.6 is 22.9 Å². The van der Waals surface area contributed by atoms with Crippen molar-refractivity contribution in [3.8, 4) is 0 Å². The van der Waals surface area contributed by atoms with Gasteiger partial charge < -0.3 is 4.74 Å². The van der Waals surface area contributed by atoms with Gasteiger partial charge in [0.25, 0.3) is 0 Å². The van der Waals surface area contributed by atoms with E-state index in [4.69, 9.17) is 16.3 Å². The zero-order valence-electron chi connectivity index (χ0n) is 10.3. The van der Waals surface area contributed by atoms with Crippen LogP contribution in [0.25, 0.3) is 0 Å². The molecule has 2 atom stereocenters. The molecule has 0 N–H and O–H groups in total. The molecule has 4 nitrogen and oxygen atoms in total. The highest BCUT2D eigenvalue weighted by Crippen LogP contribution is 2.29. The molecule has 1 aromatic heterocycles. The summed E-state index contributed by atoms with van der Waals surface area (Å²) in [5.41, 5.74) is 0. The predicted octanol–water partition coefficient (Wildman–Crippen LogP) is 2.28. The van der Waals surface area contributed by atoms with E-state index in [2.05, 4.69) is 0 Å². The fourth-order valence-electron chi connectivity index (χ4n) is 2.19. The number of alkyl halides is 1. The van der Waals surface area contributed by atoms with Gasteiger partial charge in [0.2, 0.25) is 10.0 Å². The van der Waals surface area contributed by atoms with E-state index >= 15 is 0 Å². The Morgan fingerprint density at radius 1 is 1.61 bits per heavy atom. The maximum Gasteiger partial charge on any atom is 0.244 e. The summed E-state index contributed by atoms with van der Waals surface area (Å²) in [6.07, 6.45) is 0.667. The van der Waals surface area contributed by atoms with Crippen LogP contribution < -0.4 is 0 Å². The molecule has 2 unspecified atom stereocenters. The van der Waals surface area contributed by atoms with Crippen molar-refractivity contribution >= 4 is 33.0 Å². The quantitative estimate of drug-likeness (QED) is 0.802. The van der Waals surface area contributed by atoms with E-state index in [0.717, 1.165) is 6.42 Å². The van der Waals surface area contributed by atoms with Gasteiger partial charge in [0.05, 0.1) is 22.9 Å². The van der Waals surface area contributed by atoms with Crippen LogP contribution in [0.2, 0.25) is 0 Å². The summed E-state index contributed by atoms with van der Waals surface area (Å²) in [7, 11) is -1.86. The molecule has 1 aliphatic rings. The van der Waals surface area contributed by atoms with Crippen LogP contribution in [-0.4, -0.2) is 38.5 Å². The molecule has 0 saturated carbocycles. The monoisotopic (exact) mass is 309 g/mol. The first-order valence-electron chi connectivity index (χ1n) is 5.70. The molecule has 2 rings (SSSR count). The smallest absolute Gasteiger partial charge is 0.244 e. The molecule has 7 heteroatoms.